The van der Waals surface area contributed by atoms with E-state index in [1.165, 1.54) is 0 Å². The number of hydrogen-bond donors (Lipinski definition) is 2. The summed E-state index contributed by atoms with van der Waals surface area (Å²) in [5, 5.41) is 5.93. The molecule has 1 aliphatic carbocycles. The third-order valence-corrected chi connectivity index (χ3v) is 5.02. The van der Waals surface area contributed by atoms with Gasteiger partial charge in [0.15, 0.2) is 0 Å². The van der Waals surface area contributed by atoms with Crippen molar-refractivity contribution in [3.63, 3.8) is 0 Å². The van der Waals surface area contributed by atoms with Gasteiger partial charge in [0.05, 0.1) is 17.7 Å². The van der Waals surface area contributed by atoms with Crippen LogP contribution in [0.15, 0.2) is 46.9 Å². The second-order valence-corrected chi connectivity index (χ2v) is 8.30. The SMILES string of the molecule is CC(C)Oc1cc(Br)ccc1C(=O)NC(C)c1ccc(NC(=O)C2CC2)cc1. The summed E-state index contributed by atoms with van der Waals surface area (Å²) in [6.45, 7) is 5.78. The van der Waals surface area contributed by atoms with Crippen molar-refractivity contribution in [2.24, 2.45) is 5.92 Å². The number of hydrogen-bond acceptors (Lipinski definition) is 3. The number of amides is 2. The standard InChI is InChI=1S/C22H25BrN2O3/c1-13(2)28-20-12-17(23)8-11-19(20)22(27)24-14(3)15-6-9-18(10-7-15)25-21(26)16-4-5-16/h6-14,16H,4-5H2,1-3H3,(H,24,27)(H,25,26). The van der Waals surface area contributed by atoms with Crippen LogP contribution in [0.4, 0.5) is 5.69 Å². The van der Waals surface area contributed by atoms with Crippen LogP contribution >= 0.6 is 15.9 Å². The Morgan fingerprint density at radius 3 is 2.36 bits per heavy atom. The molecule has 2 amide bonds. The van der Waals surface area contributed by atoms with Crippen LogP contribution in [0, 0.1) is 5.92 Å². The molecule has 0 heterocycles. The van der Waals surface area contributed by atoms with E-state index in [1.54, 1.807) is 12.1 Å². The summed E-state index contributed by atoms with van der Waals surface area (Å²) in [6, 6.07) is 12.8. The van der Waals surface area contributed by atoms with Gasteiger partial charge in [-0.1, -0.05) is 28.1 Å². The molecule has 2 aromatic carbocycles. The maximum Gasteiger partial charge on any atom is 0.255 e. The van der Waals surface area contributed by atoms with Crippen molar-refractivity contribution in [2.75, 3.05) is 5.32 Å². The molecule has 0 aliphatic heterocycles. The van der Waals surface area contributed by atoms with Gasteiger partial charge in [0.1, 0.15) is 5.75 Å². The Labute approximate surface area is 174 Å². The summed E-state index contributed by atoms with van der Waals surface area (Å²) in [4.78, 5) is 24.6. The zero-order valence-electron chi connectivity index (χ0n) is 16.3. The van der Waals surface area contributed by atoms with E-state index in [-0.39, 0.29) is 29.9 Å². The predicted molar refractivity (Wildman–Crippen MR) is 114 cm³/mol. The average molecular weight is 445 g/mol. The fourth-order valence-electron chi connectivity index (χ4n) is 2.84. The molecule has 1 unspecified atom stereocenters. The molecule has 1 atom stereocenters. The Balaban J connectivity index is 1.66. The summed E-state index contributed by atoms with van der Waals surface area (Å²) >= 11 is 3.42. The number of carbonyl (C=O) groups is 2. The minimum atomic E-state index is -0.193. The van der Waals surface area contributed by atoms with Gasteiger partial charge < -0.3 is 15.4 Å². The lowest BCUT2D eigenvalue weighted by molar-refractivity contribution is -0.117. The first-order valence-electron chi connectivity index (χ1n) is 9.51. The molecule has 1 saturated carbocycles. The quantitative estimate of drug-likeness (QED) is 0.625. The van der Waals surface area contributed by atoms with Crippen LogP contribution in [0.2, 0.25) is 0 Å². The lowest BCUT2D eigenvalue weighted by Crippen LogP contribution is -2.27. The topological polar surface area (TPSA) is 67.4 Å². The molecule has 0 bridgehead atoms. The van der Waals surface area contributed by atoms with Gasteiger partial charge in [0.25, 0.3) is 5.91 Å². The first-order chi connectivity index (χ1) is 13.3. The van der Waals surface area contributed by atoms with Crippen LogP contribution in [0.25, 0.3) is 0 Å². The van der Waals surface area contributed by atoms with Gasteiger partial charge in [-0.3, -0.25) is 9.59 Å². The smallest absolute Gasteiger partial charge is 0.255 e. The first-order valence-corrected chi connectivity index (χ1v) is 10.3. The van der Waals surface area contributed by atoms with Crippen LogP contribution < -0.4 is 15.4 Å². The number of benzene rings is 2. The minimum absolute atomic E-state index is 0.0309. The highest BCUT2D eigenvalue weighted by Gasteiger charge is 2.29. The van der Waals surface area contributed by atoms with E-state index < -0.39 is 0 Å². The molecule has 28 heavy (non-hydrogen) atoms. The molecule has 0 aromatic heterocycles. The highest BCUT2D eigenvalue weighted by atomic mass is 79.9. The van der Waals surface area contributed by atoms with Crippen LogP contribution in [-0.2, 0) is 4.79 Å². The Kier molecular flexibility index (Phi) is 6.39. The Bertz CT molecular complexity index is 861. The van der Waals surface area contributed by atoms with Crippen molar-refractivity contribution >= 4 is 33.4 Å². The molecule has 5 nitrogen and oxygen atoms in total. The fourth-order valence-corrected chi connectivity index (χ4v) is 3.18. The fraction of sp³-hybridized carbons (Fsp3) is 0.364. The molecule has 3 rings (SSSR count). The van der Waals surface area contributed by atoms with Crippen LogP contribution in [0.5, 0.6) is 5.75 Å². The van der Waals surface area contributed by atoms with E-state index in [0.717, 1.165) is 28.6 Å². The van der Waals surface area contributed by atoms with Crippen LogP contribution in [0.1, 0.15) is 55.6 Å². The maximum atomic E-state index is 12.8. The molecule has 1 aliphatic rings. The van der Waals surface area contributed by atoms with E-state index >= 15 is 0 Å². The van der Waals surface area contributed by atoms with E-state index in [9.17, 15) is 9.59 Å². The van der Waals surface area contributed by atoms with Gasteiger partial charge in [-0.2, -0.15) is 0 Å². The number of halogens is 1. The molecule has 148 valence electrons. The summed E-state index contributed by atoms with van der Waals surface area (Å²) in [6.07, 6.45) is 1.92. The van der Waals surface area contributed by atoms with Gasteiger partial charge >= 0.3 is 0 Å². The van der Waals surface area contributed by atoms with Crippen molar-refractivity contribution in [1.82, 2.24) is 5.32 Å². The average Bonchev–Trinajstić information content (AvgIpc) is 3.47. The first kappa shape index (κ1) is 20.4. The van der Waals surface area contributed by atoms with Gasteiger partial charge in [-0.15, -0.1) is 0 Å². The zero-order chi connectivity index (χ0) is 20.3. The normalized spacial score (nSPS) is 14.5. The number of anilines is 1. The molecule has 1 fully saturated rings. The predicted octanol–water partition coefficient (Wildman–Crippen LogP) is 5.08. The summed E-state index contributed by atoms with van der Waals surface area (Å²) in [5.41, 5.74) is 2.23. The van der Waals surface area contributed by atoms with E-state index in [2.05, 4.69) is 26.6 Å². The Morgan fingerprint density at radius 1 is 1.07 bits per heavy atom. The number of ether oxygens (including phenoxy) is 1. The summed E-state index contributed by atoms with van der Waals surface area (Å²) < 4.78 is 6.64. The second kappa shape index (κ2) is 8.78. The molecule has 0 radical (unpaired) electrons. The lowest BCUT2D eigenvalue weighted by atomic mass is 10.1. The third kappa shape index (κ3) is 5.35. The molecule has 2 aromatic rings. The zero-order valence-corrected chi connectivity index (χ0v) is 17.9. The maximum absolute atomic E-state index is 12.8. The molecular formula is C22H25BrN2O3. The van der Waals surface area contributed by atoms with E-state index in [0.29, 0.717) is 11.3 Å². The van der Waals surface area contributed by atoms with Crippen molar-refractivity contribution < 1.29 is 14.3 Å². The van der Waals surface area contributed by atoms with Gasteiger partial charge in [0.2, 0.25) is 5.91 Å². The van der Waals surface area contributed by atoms with Crippen LogP contribution in [-0.4, -0.2) is 17.9 Å². The van der Waals surface area contributed by atoms with Crippen molar-refractivity contribution in [1.29, 1.82) is 0 Å². The number of carbonyl (C=O) groups excluding carboxylic acids is 2. The van der Waals surface area contributed by atoms with E-state index in [1.807, 2.05) is 51.1 Å². The molecule has 0 spiro atoms. The highest BCUT2D eigenvalue weighted by Crippen LogP contribution is 2.30. The van der Waals surface area contributed by atoms with Gasteiger partial charge in [0, 0.05) is 16.1 Å². The second-order valence-electron chi connectivity index (χ2n) is 7.39. The largest absolute Gasteiger partial charge is 0.490 e. The monoisotopic (exact) mass is 444 g/mol. The van der Waals surface area contributed by atoms with Crippen molar-refractivity contribution in [3.05, 3.63) is 58.1 Å². The molecular weight excluding hydrogens is 420 g/mol. The van der Waals surface area contributed by atoms with Gasteiger partial charge in [-0.05, 0) is 69.5 Å². The Morgan fingerprint density at radius 2 is 1.75 bits per heavy atom. The molecule has 6 heteroatoms. The third-order valence-electron chi connectivity index (χ3n) is 4.52. The van der Waals surface area contributed by atoms with Crippen molar-refractivity contribution in [2.45, 2.75) is 45.8 Å². The number of nitrogens with one attached hydrogen (secondary N) is 2. The minimum Gasteiger partial charge on any atom is -0.490 e. The summed E-state index contributed by atoms with van der Waals surface area (Å²) in [5.74, 6) is 0.613. The Hall–Kier alpha value is -2.34. The van der Waals surface area contributed by atoms with Crippen molar-refractivity contribution in [3.8, 4) is 5.75 Å². The molecule has 0 saturated heterocycles. The van der Waals surface area contributed by atoms with Crippen LogP contribution in [0.3, 0.4) is 0 Å². The van der Waals surface area contributed by atoms with E-state index in [4.69, 9.17) is 4.74 Å². The summed E-state index contributed by atoms with van der Waals surface area (Å²) in [7, 11) is 0. The molecule has 2 N–H and O–H groups in total. The number of rotatable bonds is 7. The van der Waals surface area contributed by atoms with Gasteiger partial charge in [-0.25, -0.2) is 0 Å². The highest BCUT2D eigenvalue weighted by molar-refractivity contribution is 9.10. The lowest BCUT2D eigenvalue weighted by Gasteiger charge is -2.18.